The molecule has 7 rings (SSSR count). The number of nitrogens with zero attached hydrogens (tertiary/aromatic N) is 4. The molecule has 3 aliphatic rings. The number of fused-ring (bicyclic) bond motifs is 5. The molecule has 2 N–H and O–H groups in total. The molecule has 3 aliphatic heterocycles. The van der Waals surface area contributed by atoms with Gasteiger partial charge < -0.3 is 14.5 Å². The standard InChI is InChI=1S/C29H34N6O4/c1-38-19-5-3-10-34(16-19)15-18-13-23-27-24(14-18)39-20-6-4-9-33(17-20)11-12-35-29(37)22-8-2-7-21(25(22)32-35)26(31-27)28(36)30-23/h2,7-8,13-14,19-20,32H,3-6,9-12,15-17H2,1H3,(H,30,36)/t19-,20+/m1/s1. The van der Waals surface area contributed by atoms with Crippen molar-refractivity contribution in [2.24, 2.45) is 0 Å². The number of piperidine rings is 2. The van der Waals surface area contributed by atoms with E-state index in [9.17, 15) is 9.59 Å². The second-order valence-electron chi connectivity index (χ2n) is 11.1. The lowest BCUT2D eigenvalue weighted by Gasteiger charge is -2.33. The Kier molecular flexibility index (Phi) is 6.25. The Morgan fingerprint density at radius 3 is 2.87 bits per heavy atom. The van der Waals surface area contributed by atoms with Crippen LogP contribution in [0.5, 0.6) is 5.75 Å². The van der Waals surface area contributed by atoms with Crippen LogP contribution in [-0.4, -0.2) is 81.6 Å². The van der Waals surface area contributed by atoms with Crippen LogP contribution in [0, 0.1) is 0 Å². The summed E-state index contributed by atoms with van der Waals surface area (Å²) in [5, 5.41) is 3.83. The molecule has 0 saturated carbocycles. The zero-order valence-corrected chi connectivity index (χ0v) is 22.2. The minimum Gasteiger partial charge on any atom is -0.487 e. The topological polar surface area (TPSA) is 108 Å². The molecule has 3 atom stereocenters. The van der Waals surface area contributed by atoms with Gasteiger partial charge >= 0.3 is 0 Å². The summed E-state index contributed by atoms with van der Waals surface area (Å²) in [5.74, 6) is 0.697. The third-order valence-corrected chi connectivity index (χ3v) is 8.46. The molecule has 2 fully saturated rings. The fourth-order valence-electron chi connectivity index (χ4n) is 6.46. The van der Waals surface area contributed by atoms with E-state index in [1.165, 1.54) is 0 Å². The van der Waals surface area contributed by atoms with E-state index < -0.39 is 0 Å². The van der Waals surface area contributed by atoms with Crippen LogP contribution in [-0.2, 0) is 17.8 Å². The second kappa shape index (κ2) is 9.93. The van der Waals surface area contributed by atoms with Crippen molar-refractivity contribution < 1.29 is 9.47 Å². The number of aromatic amines is 2. The summed E-state index contributed by atoms with van der Waals surface area (Å²) in [6.07, 6.45) is 4.41. The van der Waals surface area contributed by atoms with Crippen LogP contribution in [0.1, 0.15) is 31.2 Å². The Labute approximate surface area is 225 Å². The number of hydrogen-bond donors (Lipinski definition) is 2. The summed E-state index contributed by atoms with van der Waals surface area (Å²) in [7, 11) is 1.78. The number of para-hydroxylation sites is 1. The van der Waals surface area contributed by atoms with Crippen LogP contribution in [0.15, 0.2) is 39.9 Å². The van der Waals surface area contributed by atoms with Gasteiger partial charge in [-0.2, -0.15) is 0 Å². The first kappa shape index (κ1) is 24.6. The average molecular weight is 531 g/mol. The van der Waals surface area contributed by atoms with Crippen molar-refractivity contribution in [3.8, 4) is 17.0 Å². The van der Waals surface area contributed by atoms with Crippen molar-refractivity contribution in [2.75, 3.05) is 39.8 Å². The first-order valence-corrected chi connectivity index (χ1v) is 14.0. The van der Waals surface area contributed by atoms with E-state index in [1.54, 1.807) is 17.9 Å². The van der Waals surface area contributed by atoms with Gasteiger partial charge in [0, 0.05) is 38.9 Å². The molecule has 0 radical (unpaired) electrons. The van der Waals surface area contributed by atoms with Crippen molar-refractivity contribution in [1.82, 2.24) is 29.5 Å². The third kappa shape index (κ3) is 4.56. The van der Waals surface area contributed by atoms with Crippen molar-refractivity contribution >= 4 is 21.9 Å². The predicted octanol–water partition coefficient (Wildman–Crippen LogP) is 2.70. The lowest BCUT2D eigenvalue weighted by Crippen LogP contribution is -2.43. The number of H-pyrrole nitrogens is 2. The van der Waals surface area contributed by atoms with Gasteiger partial charge in [-0.05, 0) is 62.5 Å². The SMILES string of the molecule is CO[C@@H]1CCCN(Cc2cc3c4nc(c(=O)[nH]c4c2)-c2cccc4c(=O)n([nH]c24)CCN2CCC[C@@H](C2)O3)C1. The Hall–Kier alpha value is -3.47. The largest absolute Gasteiger partial charge is 0.487 e. The van der Waals surface area contributed by atoms with Gasteiger partial charge in [-0.25, -0.2) is 4.98 Å². The maximum absolute atomic E-state index is 13.4. The highest BCUT2D eigenvalue weighted by Crippen LogP contribution is 2.31. The first-order valence-electron chi connectivity index (χ1n) is 14.0. The lowest BCUT2D eigenvalue weighted by atomic mass is 10.1. The molecule has 0 amide bonds. The molecular weight excluding hydrogens is 496 g/mol. The van der Waals surface area contributed by atoms with Gasteiger partial charge in [0.25, 0.3) is 11.1 Å². The molecule has 10 heteroatoms. The van der Waals surface area contributed by atoms with E-state index in [1.807, 2.05) is 18.2 Å². The normalized spacial score (nSPS) is 23.8. The second-order valence-corrected chi connectivity index (χ2v) is 11.1. The summed E-state index contributed by atoms with van der Waals surface area (Å²) in [4.78, 5) is 39.4. The van der Waals surface area contributed by atoms with Gasteiger partial charge in [0.15, 0.2) is 0 Å². The van der Waals surface area contributed by atoms with Crippen LogP contribution in [0.3, 0.4) is 0 Å². The maximum Gasteiger partial charge on any atom is 0.275 e. The molecule has 1 unspecified atom stereocenters. The molecule has 6 bridgehead atoms. The van der Waals surface area contributed by atoms with Crippen molar-refractivity contribution in [1.29, 1.82) is 0 Å². The summed E-state index contributed by atoms with van der Waals surface area (Å²) in [5.41, 5.74) is 3.52. The molecule has 0 aliphatic carbocycles. The molecule has 4 aromatic rings. The van der Waals surface area contributed by atoms with Gasteiger partial charge in [0.2, 0.25) is 0 Å². The van der Waals surface area contributed by atoms with Crippen molar-refractivity contribution in [2.45, 2.75) is 51.0 Å². The smallest absolute Gasteiger partial charge is 0.275 e. The van der Waals surface area contributed by atoms with Gasteiger partial charge in [0.05, 0.1) is 29.1 Å². The molecule has 2 saturated heterocycles. The van der Waals surface area contributed by atoms with Crippen LogP contribution in [0.25, 0.3) is 33.2 Å². The molecule has 0 spiro atoms. The fraction of sp³-hybridized carbons (Fsp3) is 0.483. The number of hydrogen-bond acceptors (Lipinski definition) is 7. The molecule has 5 heterocycles. The quantitative estimate of drug-likeness (QED) is 0.419. The van der Waals surface area contributed by atoms with Crippen LogP contribution >= 0.6 is 0 Å². The molecule has 39 heavy (non-hydrogen) atoms. The molecular formula is C29H34N6O4. The Balaban J connectivity index is 1.38. The third-order valence-electron chi connectivity index (χ3n) is 8.46. The highest BCUT2D eigenvalue weighted by atomic mass is 16.5. The summed E-state index contributed by atoms with van der Waals surface area (Å²) < 4.78 is 14.0. The molecule has 2 aromatic heterocycles. The van der Waals surface area contributed by atoms with Crippen LogP contribution in [0.2, 0.25) is 0 Å². The maximum atomic E-state index is 13.4. The molecule has 204 valence electrons. The summed E-state index contributed by atoms with van der Waals surface area (Å²) in [6, 6.07) is 9.56. The minimum atomic E-state index is -0.292. The number of benzene rings is 2. The van der Waals surface area contributed by atoms with Gasteiger partial charge in [0.1, 0.15) is 23.1 Å². The van der Waals surface area contributed by atoms with E-state index in [2.05, 4.69) is 25.9 Å². The van der Waals surface area contributed by atoms with E-state index >= 15 is 0 Å². The number of ether oxygens (including phenoxy) is 2. The predicted molar refractivity (Wildman–Crippen MR) is 149 cm³/mol. The summed E-state index contributed by atoms with van der Waals surface area (Å²) in [6.45, 7) is 5.70. The Morgan fingerprint density at radius 1 is 1.08 bits per heavy atom. The van der Waals surface area contributed by atoms with Crippen molar-refractivity contribution in [3.63, 3.8) is 0 Å². The van der Waals surface area contributed by atoms with Crippen molar-refractivity contribution in [3.05, 3.63) is 56.6 Å². The van der Waals surface area contributed by atoms with E-state index in [-0.39, 0.29) is 29.0 Å². The monoisotopic (exact) mass is 530 g/mol. The minimum absolute atomic E-state index is 0.00373. The van der Waals surface area contributed by atoms with Gasteiger partial charge in [-0.1, -0.05) is 12.1 Å². The zero-order chi connectivity index (χ0) is 26.5. The van der Waals surface area contributed by atoms with E-state index in [4.69, 9.17) is 14.5 Å². The number of methoxy groups -OCH3 is 1. The average Bonchev–Trinajstić information content (AvgIpc) is 3.27. The lowest BCUT2D eigenvalue weighted by molar-refractivity contribution is 0.0285. The van der Waals surface area contributed by atoms with E-state index in [0.29, 0.717) is 39.8 Å². The van der Waals surface area contributed by atoms with Gasteiger partial charge in [-0.15, -0.1) is 0 Å². The Bertz CT molecular complexity index is 1660. The highest BCUT2D eigenvalue weighted by Gasteiger charge is 2.26. The summed E-state index contributed by atoms with van der Waals surface area (Å²) >= 11 is 0. The molecule has 2 aromatic carbocycles. The Morgan fingerprint density at radius 2 is 1.97 bits per heavy atom. The molecule has 10 nitrogen and oxygen atoms in total. The van der Waals surface area contributed by atoms with Gasteiger partial charge in [-0.3, -0.25) is 29.2 Å². The number of aromatic nitrogens is 4. The first-order chi connectivity index (χ1) is 19.1. The highest BCUT2D eigenvalue weighted by molar-refractivity contribution is 5.93. The zero-order valence-electron chi connectivity index (χ0n) is 22.2. The van der Waals surface area contributed by atoms with E-state index in [0.717, 1.165) is 70.5 Å². The van der Waals surface area contributed by atoms with Crippen LogP contribution in [0.4, 0.5) is 0 Å². The number of likely N-dealkylation sites (tertiary alicyclic amines) is 1. The number of rotatable bonds is 3. The van der Waals surface area contributed by atoms with Crippen LogP contribution < -0.4 is 15.9 Å². The fourth-order valence-corrected chi connectivity index (χ4v) is 6.46. The number of nitrogens with one attached hydrogen (secondary N) is 2.